The molecule has 31 heavy (non-hydrogen) atoms. The number of aryl methyl sites for hydroxylation is 1. The van der Waals surface area contributed by atoms with E-state index in [0.29, 0.717) is 5.92 Å². The topological polar surface area (TPSA) is 83.9 Å². The van der Waals surface area contributed by atoms with E-state index in [1.807, 2.05) is 48.2 Å². The van der Waals surface area contributed by atoms with Gasteiger partial charge in [0.2, 0.25) is 5.91 Å². The Hall–Kier alpha value is -3.61. The zero-order valence-corrected chi connectivity index (χ0v) is 17.6. The Morgan fingerprint density at radius 2 is 2.13 bits per heavy atom. The molecule has 3 aromatic heterocycles. The van der Waals surface area contributed by atoms with Gasteiger partial charge in [-0.3, -0.25) is 9.78 Å². The summed E-state index contributed by atoms with van der Waals surface area (Å²) >= 11 is 0. The quantitative estimate of drug-likeness (QED) is 0.618. The summed E-state index contributed by atoms with van der Waals surface area (Å²) in [7, 11) is 0. The van der Waals surface area contributed by atoms with E-state index in [9.17, 15) is 4.79 Å². The van der Waals surface area contributed by atoms with Crippen LogP contribution in [-0.2, 0) is 11.2 Å². The maximum absolute atomic E-state index is 12.6. The molecule has 158 valence electrons. The second kappa shape index (κ2) is 9.93. The molecule has 1 amide bonds. The fourth-order valence-electron chi connectivity index (χ4n) is 3.79. The number of carbonyl (C=O) groups is 1. The highest BCUT2D eigenvalue weighted by molar-refractivity contribution is 5.91. The Kier molecular flexibility index (Phi) is 6.62. The van der Waals surface area contributed by atoms with Gasteiger partial charge in [-0.15, -0.1) is 0 Å². The lowest BCUT2D eigenvalue weighted by molar-refractivity contribution is -0.127. The van der Waals surface area contributed by atoms with Crippen molar-refractivity contribution in [3.63, 3.8) is 0 Å². The molecule has 0 aliphatic carbocycles. The first-order valence-electron chi connectivity index (χ1n) is 10.5. The van der Waals surface area contributed by atoms with Crippen molar-refractivity contribution in [2.24, 2.45) is 5.92 Å². The Balaban J connectivity index is 1.36. The molecule has 1 fully saturated rings. The van der Waals surface area contributed by atoms with Crippen LogP contribution in [0, 0.1) is 12.8 Å². The molecule has 0 saturated carbocycles. The van der Waals surface area contributed by atoms with E-state index in [1.165, 1.54) is 0 Å². The van der Waals surface area contributed by atoms with Crippen LogP contribution in [0.15, 0.2) is 61.3 Å². The normalized spacial score (nSPS) is 16.4. The number of piperidine rings is 1. The highest BCUT2D eigenvalue weighted by atomic mass is 16.2. The number of hydrogen-bond donors (Lipinski definition) is 1. The summed E-state index contributed by atoms with van der Waals surface area (Å²) in [5, 5.41) is 3.27. The van der Waals surface area contributed by atoms with Crippen molar-refractivity contribution < 1.29 is 4.79 Å². The molecule has 0 aromatic carbocycles. The van der Waals surface area contributed by atoms with Crippen LogP contribution in [0.3, 0.4) is 0 Å². The third kappa shape index (κ3) is 5.72. The van der Waals surface area contributed by atoms with E-state index >= 15 is 0 Å². The van der Waals surface area contributed by atoms with Gasteiger partial charge >= 0.3 is 0 Å². The van der Waals surface area contributed by atoms with E-state index in [1.54, 1.807) is 31.0 Å². The molecule has 0 unspecified atom stereocenters. The lowest BCUT2D eigenvalue weighted by Crippen LogP contribution is -2.39. The third-order valence-electron chi connectivity index (χ3n) is 5.41. The molecule has 1 saturated heterocycles. The van der Waals surface area contributed by atoms with Gasteiger partial charge in [-0.05, 0) is 61.4 Å². The van der Waals surface area contributed by atoms with Crippen LogP contribution in [0.5, 0.6) is 0 Å². The number of aromatic nitrogens is 4. The summed E-state index contributed by atoms with van der Waals surface area (Å²) in [4.78, 5) is 31.8. The number of rotatable bonds is 6. The first-order chi connectivity index (χ1) is 15.2. The van der Waals surface area contributed by atoms with Crippen LogP contribution < -0.4 is 5.32 Å². The van der Waals surface area contributed by atoms with Crippen LogP contribution in [0.2, 0.25) is 0 Å². The second-order valence-electron chi connectivity index (χ2n) is 7.80. The molecule has 3 aromatic rings. The SMILES string of the molecule is Cc1cccnc1Nc1cc(C[C@@H]2CCCN(C(=O)/C=C/c3cccnc3)C2)ncn1. The van der Waals surface area contributed by atoms with E-state index in [2.05, 4.69) is 25.3 Å². The van der Waals surface area contributed by atoms with Gasteiger partial charge in [0, 0.05) is 49.5 Å². The van der Waals surface area contributed by atoms with Crippen molar-refractivity contribution in [1.82, 2.24) is 24.8 Å². The van der Waals surface area contributed by atoms with Crippen LogP contribution in [0.1, 0.15) is 29.7 Å². The van der Waals surface area contributed by atoms with Gasteiger partial charge in [0.15, 0.2) is 0 Å². The van der Waals surface area contributed by atoms with E-state index in [0.717, 1.165) is 60.8 Å². The highest BCUT2D eigenvalue weighted by Gasteiger charge is 2.23. The summed E-state index contributed by atoms with van der Waals surface area (Å²) in [5.74, 6) is 1.95. The number of hydrogen-bond acceptors (Lipinski definition) is 6. The largest absolute Gasteiger partial charge is 0.339 e. The molecule has 4 heterocycles. The average Bonchev–Trinajstić information content (AvgIpc) is 2.80. The molecule has 7 heteroatoms. The molecule has 0 bridgehead atoms. The Morgan fingerprint density at radius 1 is 1.23 bits per heavy atom. The summed E-state index contributed by atoms with van der Waals surface area (Å²) in [5.41, 5.74) is 2.95. The molecule has 1 N–H and O–H groups in total. The zero-order valence-electron chi connectivity index (χ0n) is 17.6. The number of likely N-dealkylation sites (tertiary alicyclic amines) is 1. The molecular formula is C24H26N6O. The Bertz CT molecular complexity index is 1050. The zero-order chi connectivity index (χ0) is 21.5. The lowest BCUT2D eigenvalue weighted by atomic mass is 9.93. The minimum atomic E-state index is 0.0456. The fraction of sp³-hybridized carbons (Fsp3) is 0.292. The van der Waals surface area contributed by atoms with Crippen LogP contribution in [-0.4, -0.2) is 43.8 Å². The third-order valence-corrected chi connectivity index (χ3v) is 5.41. The van der Waals surface area contributed by atoms with Gasteiger partial charge in [-0.2, -0.15) is 0 Å². The number of anilines is 2. The number of amides is 1. The molecule has 0 radical (unpaired) electrons. The predicted octanol–water partition coefficient (Wildman–Crippen LogP) is 3.81. The monoisotopic (exact) mass is 414 g/mol. The number of pyridine rings is 2. The van der Waals surface area contributed by atoms with Crippen molar-refractivity contribution in [3.05, 3.63) is 78.1 Å². The maximum Gasteiger partial charge on any atom is 0.246 e. The number of nitrogens with zero attached hydrogens (tertiary/aromatic N) is 5. The van der Waals surface area contributed by atoms with E-state index < -0.39 is 0 Å². The minimum absolute atomic E-state index is 0.0456. The molecule has 1 atom stereocenters. The number of carbonyl (C=O) groups excluding carboxylic acids is 1. The first kappa shape index (κ1) is 20.7. The maximum atomic E-state index is 12.6. The van der Waals surface area contributed by atoms with E-state index in [4.69, 9.17) is 0 Å². The summed E-state index contributed by atoms with van der Waals surface area (Å²) < 4.78 is 0. The van der Waals surface area contributed by atoms with Crippen molar-refractivity contribution in [1.29, 1.82) is 0 Å². The first-order valence-corrected chi connectivity index (χ1v) is 10.5. The molecule has 0 spiro atoms. The molecule has 4 rings (SSSR count). The summed E-state index contributed by atoms with van der Waals surface area (Å²) in [6.45, 7) is 3.54. The van der Waals surface area contributed by atoms with Gasteiger partial charge in [0.05, 0.1) is 0 Å². The molecule has 1 aliphatic rings. The van der Waals surface area contributed by atoms with Gasteiger partial charge in [0.25, 0.3) is 0 Å². The van der Waals surface area contributed by atoms with Gasteiger partial charge < -0.3 is 10.2 Å². The van der Waals surface area contributed by atoms with Crippen LogP contribution >= 0.6 is 0 Å². The van der Waals surface area contributed by atoms with Crippen molar-refractivity contribution >= 4 is 23.6 Å². The lowest BCUT2D eigenvalue weighted by Gasteiger charge is -2.32. The summed E-state index contributed by atoms with van der Waals surface area (Å²) in [6, 6.07) is 9.68. The van der Waals surface area contributed by atoms with Crippen molar-refractivity contribution in [2.75, 3.05) is 18.4 Å². The number of nitrogens with one attached hydrogen (secondary N) is 1. The van der Waals surface area contributed by atoms with E-state index in [-0.39, 0.29) is 5.91 Å². The molecule has 7 nitrogen and oxygen atoms in total. The molecular weight excluding hydrogens is 388 g/mol. The second-order valence-corrected chi connectivity index (χ2v) is 7.80. The summed E-state index contributed by atoms with van der Waals surface area (Å²) in [6.07, 6.45) is 13.2. The molecule has 1 aliphatic heterocycles. The average molecular weight is 415 g/mol. The highest BCUT2D eigenvalue weighted by Crippen LogP contribution is 2.22. The fourth-order valence-corrected chi connectivity index (χ4v) is 3.79. The predicted molar refractivity (Wildman–Crippen MR) is 121 cm³/mol. The van der Waals surface area contributed by atoms with Gasteiger partial charge in [-0.25, -0.2) is 15.0 Å². The van der Waals surface area contributed by atoms with Crippen LogP contribution in [0.25, 0.3) is 6.08 Å². The minimum Gasteiger partial charge on any atom is -0.339 e. The van der Waals surface area contributed by atoms with Gasteiger partial charge in [-0.1, -0.05) is 12.1 Å². The standard InChI is InChI=1S/C24H26N6O/c1-18-5-2-11-26-24(18)29-22-14-21(27-17-28-22)13-20-7-4-12-30(16-20)23(31)9-8-19-6-3-10-25-15-19/h2-3,5-6,8-11,14-15,17,20H,4,7,12-13,16H2,1H3,(H,26,27,28,29)/b9-8+/t20-/m0/s1. The Labute approximate surface area is 182 Å². The smallest absolute Gasteiger partial charge is 0.246 e. The van der Waals surface area contributed by atoms with Crippen molar-refractivity contribution in [3.8, 4) is 0 Å². The van der Waals surface area contributed by atoms with Gasteiger partial charge in [0.1, 0.15) is 18.0 Å². The van der Waals surface area contributed by atoms with Crippen LogP contribution in [0.4, 0.5) is 11.6 Å². The van der Waals surface area contributed by atoms with Crippen molar-refractivity contribution in [2.45, 2.75) is 26.2 Å². The Morgan fingerprint density at radius 3 is 2.97 bits per heavy atom.